The van der Waals surface area contributed by atoms with Crippen molar-refractivity contribution in [1.82, 2.24) is 5.48 Å². The van der Waals surface area contributed by atoms with Crippen LogP contribution in [0.1, 0.15) is 48.8 Å². The van der Waals surface area contributed by atoms with Crippen molar-refractivity contribution in [3.05, 3.63) is 71.3 Å². The van der Waals surface area contributed by atoms with Crippen LogP contribution in [-0.2, 0) is 33.7 Å². The van der Waals surface area contributed by atoms with E-state index in [1.165, 1.54) is 11.1 Å². The number of rotatable bonds is 12. The maximum atomic E-state index is 12.0. The summed E-state index contributed by atoms with van der Waals surface area (Å²) in [6.07, 6.45) is 6.55. The van der Waals surface area contributed by atoms with Crippen LogP contribution in [0.4, 0.5) is 0 Å². The first kappa shape index (κ1) is 23.6. The molecule has 0 aliphatic rings. The van der Waals surface area contributed by atoms with Crippen LogP contribution in [0.2, 0.25) is 0 Å². The molecule has 0 bridgehead atoms. The van der Waals surface area contributed by atoms with Crippen molar-refractivity contribution in [1.29, 1.82) is 0 Å². The van der Waals surface area contributed by atoms with Gasteiger partial charge in [-0.3, -0.25) is 4.79 Å². The van der Waals surface area contributed by atoms with Crippen LogP contribution in [0, 0.1) is 0 Å². The molecule has 6 nitrogen and oxygen atoms in total. The Morgan fingerprint density at radius 3 is 2.07 bits per heavy atom. The predicted octanol–water partition coefficient (Wildman–Crippen LogP) is 2.83. The monoisotopic (exact) mass is 411 g/mol. The molecule has 0 fully saturated rings. The fourth-order valence-electron chi connectivity index (χ4n) is 3.16. The number of nitrogens with one attached hydrogen (secondary N) is 1. The lowest BCUT2D eigenvalue weighted by Gasteiger charge is -2.11. The van der Waals surface area contributed by atoms with E-state index < -0.39 is 12.0 Å². The molecule has 0 aliphatic heterocycles. The number of amides is 1. The summed E-state index contributed by atoms with van der Waals surface area (Å²) in [4.78, 5) is 28.5. The fraction of sp³-hybridized carbons (Fsp3) is 0.417. The zero-order chi connectivity index (χ0) is 21.6. The van der Waals surface area contributed by atoms with E-state index in [4.69, 9.17) is 16.3 Å². The standard InChI is InChI=1S/C24H33N3O3/c25-17-7-6-12-22(26)24(29)30-27-23(28)18-21-15-13-20(14-16-21)11-5-4-10-19-8-2-1-3-9-19/h1-3,8-9,13-16,22H,4-7,10-12,17-18,25-26H2,(H,27,28)/t22-/m0/s1. The highest BCUT2D eigenvalue weighted by molar-refractivity contribution is 5.81. The smallest absolute Gasteiger partial charge is 0.339 e. The fourth-order valence-corrected chi connectivity index (χ4v) is 3.16. The molecule has 5 N–H and O–H groups in total. The second-order valence-electron chi connectivity index (χ2n) is 7.52. The van der Waals surface area contributed by atoms with Gasteiger partial charge >= 0.3 is 5.97 Å². The molecule has 6 heteroatoms. The summed E-state index contributed by atoms with van der Waals surface area (Å²) in [5, 5.41) is 0. The van der Waals surface area contributed by atoms with Crippen LogP contribution in [0.5, 0.6) is 0 Å². The van der Waals surface area contributed by atoms with Gasteiger partial charge in [-0.15, -0.1) is 0 Å². The zero-order valence-electron chi connectivity index (χ0n) is 17.5. The van der Waals surface area contributed by atoms with Gasteiger partial charge in [-0.05, 0) is 61.8 Å². The molecule has 30 heavy (non-hydrogen) atoms. The van der Waals surface area contributed by atoms with Crippen molar-refractivity contribution in [2.75, 3.05) is 6.54 Å². The molecule has 0 unspecified atom stereocenters. The molecule has 0 aromatic heterocycles. The van der Waals surface area contributed by atoms with E-state index in [1.54, 1.807) is 0 Å². The van der Waals surface area contributed by atoms with Gasteiger partial charge in [0.2, 0.25) is 0 Å². The molecule has 0 radical (unpaired) electrons. The molecule has 2 aromatic rings. The van der Waals surface area contributed by atoms with Gasteiger partial charge in [-0.2, -0.15) is 5.48 Å². The Bertz CT molecular complexity index is 763. The third kappa shape index (κ3) is 9.20. The first-order chi connectivity index (χ1) is 14.6. The minimum Gasteiger partial charge on any atom is -0.339 e. The van der Waals surface area contributed by atoms with Crippen molar-refractivity contribution >= 4 is 11.9 Å². The largest absolute Gasteiger partial charge is 0.348 e. The third-order valence-corrected chi connectivity index (χ3v) is 4.95. The molecular weight excluding hydrogens is 378 g/mol. The van der Waals surface area contributed by atoms with Crippen LogP contribution >= 0.6 is 0 Å². The summed E-state index contributed by atoms with van der Waals surface area (Å²) in [5.74, 6) is -1.01. The van der Waals surface area contributed by atoms with Gasteiger partial charge < -0.3 is 16.3 Å². The van der Waals surface area contributed by atoms with Crippen LogP contribution in [0.15, 0.2) is 54.6 Å². The van der Waals surface area contributed by atoms with E-state index in [2.05, 4.69) is 29.7 Å². The van der Waals surface area contributed by atoms with Crippen LogP contribution in [0.25, 0.3) is 0 Å². The van der Waals surface area contributed by atoms with E-state index in [1.807, 2.05) is 30.3 Å². The number of hydrogen-bond donors (Lipinski definition) is 3. The van der Waals surface area contributed by atoms with Crippen molar-refractivity contribution < 1.29 is 14.4 Å². The number of unbranched alkanes of at least 4 members (excludes halogenated alkanes) is 2. The van der Waals surface area contributed by atoms with E-state index >= 15 is 0 Å². The Kier molecular flexibility index (Phi) is 10.6. The quantitative estimate of drug-likeness (QED) is 0.368. The maximum absolute atomic E-state index is 12.0. The summed E-state index contributed by atoms with van der Waals surface area (Å²) in [7, 11) is 0. The molecule has 0 spiro atoms. The van der Waals surface area contributed by atoms with Gasteiger partial charge in [0.05, 0.1) is 6.42 Å². The average molecular weight is 412 g/mol. The minimum absolute atomic E-state index is 0.143. The van der Waals surface area contributed by atoms with Crippen molar-refractivity contribution in [3.63, 3.8) is 0 Å². The Hall–Kier alpha value is -2.70. The summed E-state index contributed by atoms with van der Waals surface area (Å²) < 4.78 is 0. The number of hydrogen-bond acceptors (Lipinski definition) is 5. The van der Waals surface area contributed by atoms with Crippen molar-refractivity contribution in [3.8, 4) is 0 Å². The molecule has 0 saturated heterocycles. The van der Waals surface area contributed by atoms with Crippen LogP contribution in [-0.4, -0.2) is 24.5 Å². The van der Waals surface area contributed by atoms with Gasteiger partial charge in [0.25, 0.3) is 5.91 Å². The third-order valence-electron chi connectivity index (χ3n) is 4.95. The molecule has 1 amide bonds. The number of carbonyl (C=O) groups excluding carboxylic acids is 2. The van der Waals surface area contributed by atoms with E-state index in [9.17, 15) is 9.59 Å². The first-order valence-corrected chi connectivity index (χ1v) is 10.7. The van der Waals surface area contributed by atoms with Gasteiger partial charge in [0, 0.05) is 0 Å². The van der Waals surface area contributed by atoms with E-state index in [0.717, 1.165) is 44.1 Å². The lowest BCUT2D eigenvalue weighted by atomic mass is 10.0. The van der Waals surface area contributed by atoms with E-state index in [0.29, 0.717) is 13.0 Å². The molecular formula is C24H33N3O3. The first-order valence-electron chi connectivity index (χ1n) is 10.7. The molecule has 1 atom stereocenters. The predicted molar refractivity (Wildman–Crippen MR) is 118 cm³/mol. The topological polar surface area (TPSA) is 107 Å². The van der Waals surface area contributed by atoms with Gasteiger partial charge in [-0.25, -0.2) is 4.79 Å². The van der Waals surface area contributed by atoms with Gasteiger partial charge in [-0.1, -0.05) is 61.0 Å². The molecule has 0 aliphatic carbocycles. The van der Waals surface area contributed by atoms with Gasteiger partial charge in [0.1, 0.15) is 6.04 Å². The number of hydroxylamine groups is 1. The molecule has 2 aromatic carbocycles. The summed E-state index contributed by atoms with van der Waals surface area (Å²) in [6, 6.07) is 17.7. The van der Waals surface area contributed by atoms with Crippen molar-refractivity contribution in [2.24, 2.45) is 11.5 Å². The maximum Gasteiger partial charge on any atom is 0.348 e. The normalized spacial score (nSPS) is 11.7. The highest BCUT2D eigenvalue weighted by Crippen LogP contribution is 2.11. The average Bonchev–Trinajstić information content (AvgIpc) is 2.77. The van der Waals surface area contributed by atoms with Gasteiger partial charge in [0.15, 0.2) is 0 Å². The van der Waals surface area contributed by atoms with Crippen molar-refractivity contribution in [2.45, 2.75) is 57.4 Å². The number of benzene rings is 2. The number of nitrogens with two attached hydrogens (primary N) is 2. The summed E-state index contributed by atoms with van der Waals surface area (Å²) in [5.41, 5.74) is 16.8. The Morgan fingerprint density at radius 2 is 1.43 bits per heavy atom. The Balaban J connectivity index is 1.64. The lowest BCUT2D eigenvalue weighted by Crippen LogP contribution is -2.38. The number of aryl methyl sites for hydroxylation is 2. The SMILES string of the molecule is NCCCC[C@H](N)C(=O)ONC(=O)Cc1ccc(CCCCc2ccccc2)cc1. The second kappa shape index (κ2) is 13.5. The Morgan fingerprint density at radius 1 is 0.833 bits per heavy atom. The highest BCUT2D eigenvalue weighted by Gasteiger charge is 2.16. The molecule has 2 rings (SSSR count). The summed E-state index contributed by atoms with van der Waals surface area (Å²) in [6.45, 7) is 0.560. The van der Waals surface area contributed by atoms with Crippen LogP contribution in [0.3, 0.4) is 0 Å². The second-order valence-corrected chi connectivity index (χ2v) is 7.52. The van der Waals surface area contributed by atoms with E-state index in [-0.39, 0.29) is 12.3 Å². The lowest BCUT2D eigenvalue weighted by molar-refractivity contribution is -0.159. The Labute approximate surface area is 178 Å². The highest BCUT2D eigenvalue weighted by atomic mass is 16.7. The molecule has 0 saturated carbocycles. The summed E-state index contributed by atoms with van der Waals surface area (Å²) >= 11 is 0. The van der Waals surface area contributed by atoms with Crippen LogP contribution < -0.4 is 16.9 Å². The zero-order valence-corrected chi connectivity index (χ0v) is 17.5. The minimum atomic E-state index is -0.752. The molecule has 162 valence electrons. The number of carbonyl (C=O) groups is 2. The molecule has 0 heterocycles.